The van der Waals surface area contributed by atoms with Gasteiger partial charge in [0.05, 0.1) is 0 Å². The van der Waals surface area contributed by atoms with Crippen molar-refractivity contribution in [1.82, 2.24) is 0 Å². The van der Waals surface area contributed by atoms with Crippen molar-refractivity contribution < 1.29 is 0 Å². The molecule has 0 bridgehead atoms. The molecule has 9 rings (SSSR count). The Balaban J connectivity index is 1.30. The molecule has 0 aliphatic heterocycles. The van der Waals surface area contributed by atoms with E-state index in [4.69, 9.17) is 0 Å². The standard InChI is InChI=1S/C50H32/c1-5-15-35(16-6-1)43-23-13-24-44(36-17-7-2-8-18-36)49(43)41-31-29-39-27-28-40-30-32-42(34-48(40)47(39)33-41)50-45(37-19-9-3-10-20-37)25-14-26-46(50)38-21-11-4-12-22-38/h1-11,13-21,23-34H. The first-order valence-electron chi connectivity index (χ1n) is 17.1. The van der Waals surface area contributed by atoms with Crippen LogP contribution in [0.3, 0.4) is 0 Å². The summed E-state index contributed by atoms with van der Waals surface area (Å²) in [6, 6.07) is 76.5. The SMILES string of the molecule is c1cccc(-c2cccc(-c3ccccc3)c2-c2ccc3ccc4ccc(-c5c(-c6ccccc6)cccc5-c5ccccc5)cc4c3c2)c#1. The topological polar surface area (TPSA) is 0 Å². The second-order valence-electron chi connectivity index (χ2n) is 12.7. The molecule has 0 N–H and O–H groups in total. The lowest BCUT2D eigenvalue weighted by molar-refractivity contribution is 1.57. The lowest BCUT2D eigenvalue weighted by atomic mass is 9.85. The summed E-state index contributed by atoms with van der Waals surface area (Å²) in [6.45, 7) is 0. The quantitative estimate of drug-likeness (QED) is 0.160. The maximum Gasteiger partial charge on any atom is 0.0327 e. The molecule has 0 aromatic heterocycles. The van der Waals surface area contributed by atoms with Gasteiger partial charge in [-0.15, -0.1) is 0 Å². The summed E-state index contributed by atoms with van der Waals surface area (Å²) >= 11 is 0. The third-order valence-corrected chi connectivity index (χ3v) is 9.74. The average Bonchev–Trinajstić information content (AvgIpc) is 3.21. The fraction of sp³-hybridized carbons (Fsp3) is 0. The molecule has 0 aliphatic carbocycles. The summed E-state index contributed by atoms with van der Waals surface area (Å²) in [7, 11) is 0. The number of fused-ring (bicyclic) bond motifs is 3. The van der Waals surface area contributed by atoms with Gasteiger partial charge >= 0.3 is 0 Å². The Labute approximate surface area is 293 Å². The highest BCUT2D eigenvalue weighted by molar-refractivity contribution is 6.12. The van der Waals surface area contributed by atoms with E-state index in [1.807, 2.05) is 12.1 Å². The van der Waals surface area contributed by atoms with Gasteiger partial charge in [0.1, 0.15) is 0 Å². The molecule has 0 spiro atoms. The monoisotopic (exact) mass is 632 g/mol. The van der Waals surface area contributed by atoms with Crippen LogP contribution in [0.4, 0.5) is 0 Å². The van der Waals surface area contributed by atoms with Crippen LogP contribution in [-0.4, -0.2) is 0 Å². The molecule has 0 nitrogen and oxygen atoms in total. The van der Waals surface area contributed by atoms with Gasteiger partial charge in [0.2, 0.25) is 0 Å². The van der Waals surface area contributed by atoms with Crippen LogP contribution in [0.25, 0.3) is 88.3 Å². The van der Waals surface area contributed by atoms with Crippen molar-refractivity contribution in [3.63, 3.8) is 0 Å². The van der Waals surface area contributed by atoms with Crippen LogP contribution in [0.15, 0.2) is 194 Å². The van der Waals surface area contributed by atoms with Gasteiger partial charge in [-0.2, -0.15) is 0 Å². The predicted octanol–water partition coefficient (Wildman–Crippen LogP) is 13.6. The van der Waals surface area contributed by atoms with Crippen LogP contribution >= 0.6 is 0 Å². The molecule has 0 heterocycles. The van der Waals surface area contributed by atoms with Crippen LogP contribution in [0.1, 0.15) is 0 Å². The van der Waals surface area contributed by atoms with E-state index in [1.165, 1.54) is 77.2 Å². The molecule has 0 atom stereocenters. The fourth-order valence-electron chi connectivity index (χ4n) is 7.40. The first-order valence-corrected chi connectivity index (χ1v) is 17.1. The average molecular weight is 633 g/mol. The molecule has 0 radical (unpaired) electrons. The third kappa shape index (κ3) is 5.32. The highest BCUT2D eigenvalue weighted by atomic mass is 14.2. The Hall–Kier alpha value is -6.68. The molecule has 0 aliphatic rings. The first-order chi connectivity index (χ1) is 24.8. The van der Waals surface area contributed by atoms with Crippen LogP contribution in [0.2, 0.25) is 0 Å². The highest BCUT2D eigenvalue weighted by Crippen LogP contribution is 2.44. The van der Waals surface area contributed by atoms with E-state index >= 15 is 0 Å². The van der Waals surface area contributed by atoms with E-state index in [0.717, 1.165) is 11.1 Å². The zero-order valence-corrected chi connectivity index (χ0v) is 27.5. The van der Waals surface area contributed by atoms with E-state index < -0.39 is 0 Å². The van der Waals surface area contributed by atoms with Crippen LogP contribution in [-0.2, 0) is 0 Å². The summed E-state index contributed by atoms with van der Waals surface area (Å²) in [5.74, 6) is 0. The lowest BCUT2D eigenvalue weighted by Gasteiger charge is -2.18. The van der Waals surface area contributed by atoms with Gasteiger partial charge in [0, 0.05) is 5.56 Å². The summed E-state index contributed by atoms with van der Waals surface area (Å²) in [6.07, 6.45) is 0. The largest absolute Gasteiger partial charge is 0.0696 e. The van der Waals surface area contributed by atoms with E-state index in [2.05, 4.69) is 194 Å². The summed E-state index contributed by atoms with van der Waals surface area (Å²) in [5.41, 5.74) is 14.3. The van der Waals surface area contributed by atoms with Crippen LogP contribution in [0, 0.1) is 12.1 Å². The fourth-order valence-corrected chi connectivity index (χ4v) is 7.40. The van der Waals surface area contributed by atoms with Crippen LogP contribution in [0.5, 0.6) is 0 Å². The molecule has 9 aromatic rings. The Morgan fingerprint density at radius 2 is 0.720 bits per heavy atom. The molecule has 0 saturated heterocycles. The summed E-state index contributed by atoms with van der Waals surface area (Å²) < 4.78 is 0. The van der Waals surface area contributed by atoms with Gasteiger partial charge in [-0.3, -0.25) is 0 Å². The van der Waals surface area contributed by atoms with Crippen molar-refractivity contribution in [1.29, 1.82) is 0 Å². The van der Waals surface area contributed by atoms with E-state index in [1.54, 1.807) is 0 Å². The van der Waals surface area contributed by atoms with Gasteiger partial charge < -0.3 is 0 Å². The first kappa shape index (κ1) is 29.5. The molecule has 9 aromatic carbocycles. The van der Waals surface area contributed by atoms with Crippen molar-refractivity contribution >= 4 is 21.5 Å². The second kappa shape index (κ2) is 12.7. The normalized spacial score (nSPS) is 11.0. The van der Waals surface area contributed by atoms with Crippen molar-refractivity contribution in [2.24, 2.45) is 0 Å². The zero-order chi connectivity index (χ0) is 33.3. The number of rotatable bonds is 6. The summed E-state index contributed by atoms with van der Waals surface area (Å²) in [4.78, 5) is 0. The number of benzene rings is 8. The highest BCUT2D eigenvalue weighted by Gasteiger charge is 2.17. The minimum atomic E-state index is 1.03. The summed E-state index contributed by atoms with van der Waals surface area (Å²) in [5, 5.41) is 4.91. The molecular formula is C50H32. The van der Waals surface area contributed by atoms with Crippen molar-refractivity contribution in [2.45, 2.75) is 0 Å². The maximum absolute atomic E-state index is 3.38. The molecule has 0 saturated carbocycles. The predicted molar refractivity (Wildman–Crippen MR) is 212 cm³/mol. The molecule has 0 unspecified atom stereocenters. The smallest absolute Gasteiger partial charge is 0.0327 e. The van der Waals surface area contributed by atoms with Gasteiger partial charge in [-0.1, -0.05) is 182 Å². The molecule has 0 fully saturated rings. The molecule has 232 valence electrons. The Kier molecular flexibility index (Phi) is 7.50. The zero-order valence-electron chi connectivity index (χ0n) is 27.5. The molecule has 0 heteroatoms. The minimum Gasteiger partial charge on any atom is -0.0696 e. The van der Waals surface area contributed by atoms with E-state index in [9.17, 15) is 0 Å². The Bertz CT molecular complexity index is 2300. The van der Waals surface area contributed by atoms with Gasteiger partial charge in [-0.25, -0.2) is 0 Å². The molecular weight excluding hydrogens is 601 g/mol. The number of hydrogen-bond donors (Lipinski definition) is 0. The second-order valence-corrected chi connectivity index (χ2v) is 12.7. The van der Waals surface area contributed by atoms with Crippen molar-refractivity contribution in [3.05, 3.63) is 206 Å². The van der Waals surface area contributed by atoms with Gasteiger partial charge in [0.15, 0.2) is 0 Å². The van der Waals surface area contributed by atoms with Gasteiger partial charge in [0.25, 0.3) is 0 Å². The third-order valence-electron chi connectivity index (χ3n) is 9.74. The minimum absolute atomic E-state index is 1.03. The van der Waals surface area contributed by atoms with Crippen molar-refractivity contribution in [3.8, 4) is 66.8 Å². The molecule has 0 amide bonds. The Morgan fingerprint density at radius 3 is 1.16 bits per heavy atom. The van der Waals surface area contributed by atoms with Gasteiger partial charge in [-0.05, 0) is 107 Å². The van der Waals surface area contributed by atoms with Crippen LogP contribution < -0.4 is 0 Å². The van der Waals surface area contributed by atoms with E-state index in [-0.39, 0.29) is 0 Å². The molecule has 50 heavy (non-hydrogen) atoms. The maximum atomic E-state index is 3.38. The lowest BCUT2D eigenvalue weighted by Crippen LogP contribution is -1.92. The number of hydrogen-bond acceptors (Lipinski definition) is 0. The van der Waals surface area contributed by atoms with E-state index in [0.29, 0.717) is 0 Å². The van der Waals surface area contributed by atoms with Crippen molar-refractivity contribution in [2.75, 3.05) is 0 Å². The Morgan fingerprint density at radius 1 is 0.300 bits per heavy atom.